The second-order valence-corrected chi connectivity index (χ2v) is 6.35. The molecule has 1 aromatic heterocycles. The number of sulfonamides is 1. The van der Waals surface area contributed by atoms with E-state index in [2.05, 4.69) is 22.2 Å². The molecule has 0 saturated heterocycles. The van der Waals surface area contributed by atoms with Crippen LogP contribution in [0.1, 0.15) is 29.4 Å². The maximum absolute atomic E-state index is 12.1. The van der Waals surface area contributed by atoms with Gasteiger partial charge in [0, 0.05) is 6.20 Å². The quantitative estimate of drug-likeness (QED) is 0.793. The Morgan fingerprint density at radius 2 is 1.86 bits per heavy atom. The largest absolute Gasteiger partial charge is 0.284 e. The van der Waals surface area contributed by atoms with Gasteiger partial charge in [0.15, 0.2) is 0 Å². The Labute approximate surface area is 129 Å². The summed E-state index contributed by atoms with van der Waals surface area (Å²) in [6.07, 6.45) is 3.34. The Kier molecular flexibility index (Phi) is 5.24. The molecule has 22 heavy (non-hydrogen) atoms. The second kappa shape index (κ2) is 7.15. The summed E-state index contributed by atoms with van der Waals surface area (Å²) in [5.41, 5.74) is 3.33. The van der Waals surface area contributed by atoms with Crippen molar-refractivity contribution < 1.29 is 13.2 Å². The summed E-state index contributed by atoms with van der Waals surface area (Å²) in [6, 6.07) is 11.3. The molecule has 1 amide bonds. The molecule has 0 fully saturated rings. The number of hydrogen-bond donors (Lipinski definition) is 2. The van der Waals surface area contributed by atoms with E-state index < -0.39 is 15.9 Å². The summed E-state index contributed by atoms with van der Waals surface area (Å²) in [6.45, 7) is 2.05. The minimum atomic E-state index is -3.80. The zero-order chi connectivity index (χ0) is 16.0. The van der Waals surface area contributed by atoms with Crippen molar-refractivity contribution in [2.45, 2.75) is 24.7 Å². The highest BCUT2D eigenvalue weighted by Crippen LogP contribution is 2.11. The van der Waals surface area contributed by atoms with Crippen LogP contribution in [0.4, 0.5) is 0 Å². The molecule has 0 radical (unpaired) electrons. The average molecular weight is 319 g/mol. The molecule has 1 aromatic carbocycles. The molecule has 6 nitrogen and oxygen atoms in total. The van der Waals surface area contributed by atoms with Gasteiger partial charge in [0.25, 0.3) is 15.9 Å². The molecule has 7 heteroatoms. The van der Waals surface area contributed by atoms with Crippen LogP contribution in [0.2, 0.25) is 0 Å². The van der Waals surface area contributed by atoms with Gasteiger partial charge in [-0.1, -0.05) is 31.5 Å². The first-order valence-electron chi connectivity index (χ1n) is 6.85. The van der Waals surface area contributed by atoms with Gasteiger partial charge in [-0.3, -0.25) is 15.2 Å². The summed E-state index contributed by atoms with van der Waals surface area (Å²) >= 11 is 0. The number of nitrogens with zero attached hydrogens (tertiary/aromatic N) is 1. The van der Waals surface area contributed by atoms with E-state index >= 15 is 0 Å². The van der Waals surface area contributed by atoms with Crippen LogP contribution in [0.15, 0.2) is 53.6 Å². The molecule has 0 aliphatic heterocycles. The minimum absolute atomic E-state index is 0.0914. The number of nitrogens with one attached hydrogen (secondary N) is 2. The van der Waals surface area contributed by atoms with Crippen molar-refractivity contribution in [3.05, 3.63) is 59.9 Å². The molecule has 2 N–H and O–H groups in total. The standard InChI is InChI=1S/C15H17N3O3S/c1-2-5-12-7-9-13(10-8-12)22(20,21)18-17-15(19)14-6-3-4-11-16-14/h3-4,6-11,18H,2,5H2,1H3,(H,17,19). The molecule has 0 spiro atoms. The maximum atomic E-state index is 12.1. The summed E-state index contributed by atoms with van der Waals surface area (Å²) < 4.78 is 24.2. The fourth-order valence-electron chi connectivity index (χ4n) is 1.86. The molecule has 0 aliphatic rings. The Bertz CT molecular complexity index is 728. The van der Waals surface area contributed by atoms with Crippen LogP contribution in [0.5, 0.6) is 0 Å². The van der Waals surface area contributed by atoms with Crippen molar-refractivity contribution in [1.82, 2.24) is 15.2 Å². The lowest BCUT2D eigenvalue weighted by molar-refractivity contribution is 0.0940. The van der Waals surface area contributed by atoms with Gasteiger partial charge in [0.05, 0.1) is 4.90 Å². The number of pyridine rings is 1. The molecule has 1 heterocycles. The highest BCUT2D eigenvalue weighted by molar-refractivity contribution is 7.89. The third-order valence-electron chi connectivity index (χ3n) is 2.97. The smallest absolute Gasteiger partial charge is 0.272 e. The van der Waals surface area contributed by atoms with Gasteiger partial charge >= 0.3 is 0 Å². The number of hydrogen-bond acceptors (Lipinski definition) is 4. The topological polar surface area (TPSA) is 88.2 Å². The second-order valence-electron chi connectivity index (χ2n) is 4.67. The Hall–Kier alpha value is -2.25. The van der Waals surface area contributed by atoms with E-state index in [1.165, 1.54) is 24.4 Å². The number of amides is 1. The van der Waals surface area contributed by atoms with Gasteiger partial charge < -0.3 is 0 Å². The Morgan fingerprint density at radius 1 is 1.14 bits per heavy atom. The van der Waals surface area contributed by atoms with Crippen LogP contribution >= 0.6 is 0 Å². The number of aryl methyl sites for hydroxylation is 1. The monoisotopic (exact) mass is 319 g/mol. The number of hydrazine groups is 1. The lowest BCUT2D eigenvalue weighted by Gasteiger charge is -2.08. The van der Waals surface area contributed by atoms with E-state index in [1.54, 1.807) is 24.3 Å². The molecule has 0 bridgehead atoms. The van der Waals surface area contributed by atoms with Gasteiger partial charge in [0.2, 0.25) is 0 Å². The van der Waals surface area contributed by atoms with Crippen molar-refractivity contribution in [2.24, 2.45) is 0 Å². The fourth-order valence-corrected chi connectivity index (χ4v) is 2.70. The first kappa shape index (κ1) is 16.1. The van der Waals surface area contributed by atoms with Gasteiger partial charge in [-0.25, -0.2) is 8.42 Å². The fraction of sp³-hybridized carbons (Fsp3) is 0.200. The van der Waals surface area contributed by atoms with Crippen LogP contribution < -0.4 is 10.3 Å². The molecule has 116 valence electrons. The van der Waals surface area contributed by atoms with Gasteiger partial charge in [-0.2, -0.15) is 0 Å². The summed E-state index contributed by atoms with van der Waals surface area (Å²) in [5.74, 6) is -0.619. The number of carbonyl (C=O) groups excluding carboxylic acids is 1. The first-order valence-corrected chi connectivity index (χ1v) is 8.33. The normalized spacial score (nSPS) is 11.1. The van der Waals surface area contributed by atoms with E-state index in [4.69, 9.17) is 0 Å². The number of carbonyl (C=O) groups is 1. The van der Waals surface area contributed by atoms with Crippen molar-refractivity contribution in [3.63, 3.8) is 0 Å². The molecule has 0 atom stereocenters. The van der Waals surface area contributed by atoms with Crippen LogP contribution in [0.3, 0.4) is 0 Å². The number of rotatable bonds is 6. The molecular weight excluding hydrogens is 302 g/mol. The molecule has 2 aromatic rings. The van der Waals surface area contributed by atoms with Crippen LogP contribution in [-0.2, 0) is 16.4 Å². The maximum Gasteiger partial charge on any atom is 0.284 e. The van der Waals surface area contributed by atoms with Crippen molar-refractivity contribution in [1.29, 1.82) is 0 Å². The molecule has 2 rings (SSSR count). The van der Waals surface area contributed by atoms with Gasteiger partial charge in [-0.15, -0.1) is 4.83 Å². The van der Waals surface area contributed by atoms with Crippen molar-refractivity contribution in [2.75, 3.05) is 0 Å². The average Bonchev–Trinajstić information content (AvgIpc) is 2.54. The Balaban J connectivity index is 2.03. The summed E-state index contributed by atoms with van der Waals surface area (Å²) in [7, 11) is -3.80. The highest BCUT2D eigenvalue weighted by atomic mass is 32.2. The SMILES string of the molecule is CCCc1ccc(S(=O)(=O)NNC(=O)c2ccccn2)cc1. The van der Waals surface area contributed by atoms with Gasteiger partial charge in [-0.05, 0) is 36.2 Å². The molecule has 0 unspecified atom stereocenters. The summed E-state index contributed by atoms with van der Waals surface area (Å²) in [4.78, 5) is 17.7. The van der Waals surface area contributed by atoms with Crippen molar-refractivity contribution >= 4 is 15.9 Å². The van der Waals surface area contributed by atoms with E-state index in [0.29, 0.717) is 0 Å². The first-order chi connectivity index (χ1) is 10.5. The number of benzene rings is 1. The zero-order valence-electron chi connectivity index (χ0n) is 12.1. The third kappa shape index (κ3) is 4.12. The van der Waals surface area contributed by atoms with Gasteiger partial charge in [0.1, 0.15) is 5.69 Å². The summed E-state index contributed by atoms with van der Waals surface area (Å²) in [5, 5.41) is 0. The van der Waals surface area contributed by atoms with E-state index in [9.17, 15) is 13.2 Å². The zero-order valence-corrected chi connectivity index (χ0v) is 12.9. The Morgan fingerprint density at radius 3 is 2.45 bits per heavy atom. The molecule has 0 saturated carbocycles. The molecular formula is C15H17N3O3S. The predicted molar refractivity (Wildman–Crippen MR) is 82.5 cm³/mol. The van der Waals surface area contributed by atoms with Crippen molar-refractivity contribution in [3.8, 4) is 0 Å². The number of aromatic nitrogens is 1. The van der Waals surface area contributed by atoms with Crippen LogP contribution in [0.25, 0.3) is 0 Å². The molecule has 0 aliphatic carbocycles. The van der Waals surface area contributed by atoms with E-state index in [0.717, 1.165) is 18.4 Å². The lowest BCUT2D eigenvalue weighted by atomic mass is 10.1. The van der Waals surface area contributed by atoms with Crippen LogP contribution in [0, 0.1) is 0 Å². The predicted octanol–water partition coefficient (Wildman–Crippen LogP) is 1.66. The van der Waals surface area contributed by atoms with Crippen LogP contribution in [-0.4, -0.2) is 19.3 Å². The van der Waals surface area contributed by atoms with E-state index in [-0.39, 0.29) is 10.6 Å². The third-order valence-corrected chi connectivity index (χ3v) is 4.23. The lowest BCUT2D eigenvalue weighted by Crippen LogP contribution is -2.41. The minimum Gasteiger partial charge on any atom is -0.272 e. The van der Waals surface area contributed by atoms with E-state index in [1.807, 2.05) is 0 Å². The highest BCUT2D eigenvalue weighted by Gasteiger charge is 2.15.